The molecule has 0 radical (unpaired) electrons. The first-order valence-electron chi connectivity index (χ1n) is 11.0. The molecule has 0 aliphatic carbocycles. The Labute approximate surface area is 204 Å². The summed E-state index contributed by atoms with van der Waals surface area (Å²) in [6.45, 7) is 8.88. The van der Waals surface area contributed by atoms with E-state index in [1.807, 2.05) is 37.3 Å². The summed E-state index contributed by atoms with van der Waals surface area (Å²) in [4.78, 5) is 26.6. The van der Waals surface area contributed by atoms with E-state index in [2.05, 4.69) is 24.1 Å². The zero-order valence-corrected chi connectivity index (χ0v) is 20.5. The summed E-state index contributed by atoms with van der Waals surface area (Å²) in [5.41, 5.74) is 3.65. The smallest absolute Gasteiger partial charge is 0.322 e. The summed E-state index contributed by atoms with van der Waals surface area (Å²) in [7, 11) is 0. The van der Waals surface area contributed by atoms with Gasteiger partial charge in [-0.1, -0.05) is 73.4 Å². The monoisotopic (exact) mass is 483 g/mol. The standard InChI is InChI=1S/C25H27Cl2N5O/c1-16(2)21-17(3)28-23(18-8-5-4-6-9-18)30-24(21)31-12-14-32(15-13-31)25(33)29-20-11-7-10-19(26)22(20)27/h4-11,16H,12-15H2,1-3H3,(H,29,33). The molecule has 0 saturated carbocycles. The van der Waals surface area contributed by atoms with Crippen LogP contribution in [0.4, 0.5) is 16.3 Å². The second-order valence-corrected chi connectivity index (χ2v) is 9.18. The summed E-state index contributed by atoms with van der Waals surface area (Å²) in [5.74, 6) is 1.97. The molecule has 1 saturated heterocycles. The number of urea groups is 1. The van der Waals surface area contributed by atoms with Crippen LogP contribution in [-0.2, 0) is 0 Å². The number of hydrogen-bond donors (Lipinski definition) is 1. The fourth-order valence-electron chi connectivity index (χ4n) is 4.12. The predicted molar refractivity (Wildman–Crippen MR) is 136 cm³/mol. The lowest BCUT2D eigenvalue weighted by Crippen LogP contribution is -2.50. The van der Waals surface area contributed by atoms with Gasteiger partial charge in [-0.05, 0) is 25.0 Å². The average Bonchev–Trinajstić information content (AvgIpc) is 2.82. The third-order valence-electron chi connectivity index (χ3n) is 5.79. The number of carbonyl (C=O) groups is 1. The van der Waals surface area contributed by atoms with Crippen molar-refractivity contribution in [2.75, 3.05) is 36.4 Å². The molecule has 2 aromatic carbocycles. The van der Waals surface area contributed by atoms with E-state index >= 15 is 0 Å². The molecule has 0 spiro atoms. The Balaban J connectivity index is 1.52. The van der Waals surface area contributed by atoms with Gasteiger partial charge in [0.15, 0.2) is 5.82 Å². The Morgan fingerprint density at radius 1 is 0.970 bits per heavy atom. The molecular formula is C25H27Cl2N5O. The van der Waals surface area contributed by atoms with Crippen molar-refractivity contribution in [1.82, 2.24) is 14.9 Å². The van der Waals surface area contributed by atoms with Gasteiger partial charge in [-0.3, -0.25) is 0 Å². The molecular weight excluding hydrogens is 457 g/mol. The zero-order valence-electron chi connectivity index (χ0n) is 19.0. The maximum absolute atomic E-state index is 12.8. The van der Waals surface area contributed by atoms with Gasteiger partial charge in [-0.15, -0.1) is 0 Å². The summed E-state index contributed by atoms with van der Waals surface area (Å²) in [6, 6.07) is 15.0. The Hall–Kier alpha value is -2.83. The quantitative estimate of drug-likeness (QED) is 0.477. The first-order valence-corrected chi connectivity index (χ1v) is 11.8. The molecule has 1 aliphatic heterocycles. The van der Waals surface area contributed by atoms with Crippen molar-refractivity contribution >= 4 is 40.7 Å². The highest BCUT2D eigenvalue weighted by molar-refractivity contribution is 6.43. The molecule has 172 valence electrons. The summed E-state index contributed by atoms with van der Waals surface area (Å²) in [6.07, 6.45) is 0. The van der Waals surface area contributed by atoms with Crippen molar-refractivity contribution in [2.24, 2.45) is 0 Å². The second-order valence-electron chi connectivity index (χ2n) is 8.40. The minimum Gasteiger partial charge on any atom is -0.353 e. The third kappa shape index (κ3) is 5.07. The van der Waals surface area contributed by atoms with Crippen molar-refractivity contribution in [3.05, 3.63) is 69.8 Å². The van der Waals surface area contributed by atoms with E-state index in [9.17, 15) is 4.79 Å². The molecule has 1 N–H and O–H groups in total. The van der Waals surface area contributed by atoms with Crippen LogP contribution in [0.2, 0.25) is 10.0 Å². The van der Waals surface area contributed by atoms with Crippen molar-refractivity contribution < 1.29 is 4.79 Å². The maximum atomic E-state index is 12.8. The Bertz CT molecular complexity index is 1150. The van der Waals surface area contributed by atoms with Crippen molar-refractivity contribution in [3.8, 4) is 11.4 Å². The fraction of sp³-hybridized carbons (Fsp3) is 0.320. The van der Waals surface area contributed by atoms with Gasteiger partial charge < -0.3 is 15.1 Å². The molecule has 0 atom stereocenters. The van der Waals surface area contributed by atoms with Crippen LogP contribution in [0.1, 0.15) is 31.0 Å². The van der Waals surface area contributed by atoms with Crippen LogP contribution in [-0.4, -0.2) is 47.1 Å². The second kappa shape index (κ2) is 9.98. The number of nitrogens with zero attached hydrogens (tertiary/aromatic N) is 4. The van der Waals surface area contributed by atoms with Gasteiger partial charge in [-0.25, -0.2) is 14.8 Å². The Morgan fingerprint density at radius 3 is 2.33 bits per heavy atom. The van der Waals surface area contributed by atoms with Crippen LogP contribution < -0.4 is 10.2 Å². The lowest BCUT2D eigenvalue weighted by molar-refractivity contribution is 0.208. The number of amides is 2. The zero-order chi connectivity index (χ0) is 23.5. The predicted octanol–water partition coefficient (Wildman–Crippen LogP) is 6.24. The van der Waals surface area contributed by atoms with Gasteiger partial charge in [0, 0.05) is 43.0 Å². The number of hydrogen-bond acceptors (Lipinski definition) is 4. The highest BCUT2D eigenvalue weighted by atomic mass is 35.5. The maximum Gasteiger partial charge on any atom is 0.322 e. The minimum atomic E-state index is -0.188. The van der Waals surface area contributed by atoms with Crippen LogP contribution in [0, 0.1) is 6.92 Å². The largest absolute Gasteiger partial charge is 0.353 e. The molecule has 3 aromatic rings. The van der Waals surface area contributed by atoms with Crippen LogP contribution in [0.15, 0.2) is 48.5 Å². The molecule has 1 aliphatic rings. The number of rotatable bonds is 4. The highest BCUT2D eigenvalue weighted by Gasteiger charge is 2.26. The molecule has 2 amide bonds. The SMILES string of the molecule is Cc1nc(-c2ccccc2)nc(N2CCN(C(=O)Nc3cccc(Cl)c3Cl)CC2)c1C(C)C. The number of anilines is 2. The molecule has 8 heteroatoms. The molecule has 4 rings (SSSR count). The van der Waals surface area contributed by atoms with Gasteiger partial charge in [0.05, 0.1) is 15.7 Å². The van der Waals surface area contributed by atoms with Crippen LogP contribution in [0.3, 0.4) is 0 Å². The summed E-state index contributed by atoms with van der Waals surface area (Å²) in [5, 5.41) is 3.63. The first-order chi connectivity index (χ1) is 15.8. The Kier molecular flexibility index (Phi) is 7.05. The number of carbonyl (C=O) groups excluding carboxylic acids is 1. The van der Waals surface area contributed by atoms with Gasteiger partial charge in [0.1, 0.15) is 5.82 Å². The van der Waals surface area contributed by atoms with Gasteiger partial charge >= 0.3 is 6.03 Å². The third-order valence-corrected chi connectivity index (χ3v) is 6.60. The number of benzene rings is 2. The molecule has 33 heavy (non-hydrogen) atoms. The average molecular weight is 484 g/mol. The molecule has 0 unspecified atom stereocenters. The van der Waals surface area contributed by atoms with E-state index in [4.69, 9.17) is 33.2 Å². The van der Waals surface area contributed by atoms with Crippen molar-refractivity contribution in [2.45, 2.75) is 26.7 Å². The van der Waals surface area contributed by atoms with Gasteiger partial charge in [0.25, 0.3) is 0 Å². The molecule has 1 aromatic heterocycles. The fourth-order valence-corrected chi connectivity index (χ4v) is 4.46. The molecule has 2 heterocycles. The van der Waals surface area contributed by atoms with E-state index in [1.165, 1.54) is 0 Å². The summed E-state index contributed by atoms with van der Waals surface area (Å²) >= 11 is 12.3. The van der Waals surface area contributed by atoms with E-state index in [-0.39, 0.29) is 11.9 Å². The van der Waals surface area contributed by atoms with Gasteiger partial charge in [0.2, 0.25) is 0 Å². The molecule has 0 bridgehead atoms. The highest BCUT2D eigenvalue weighted by Crippen LogP contribution is 2.32. The van der Waals surface area contributed by atoms with E-state index < -0.39 is 0 Å². The van der Waals surface area contributed by atoms with Crippen molar-refractivity contribution in [3.63, 3.8) is 0 Å². The molecule has 1 fully saturated rings. The van der Waals surface area contributed by atoms with Crippen LogP contribution in [0.5, 0.6) is 0 Å². The van der Waals surface area contributed by atoms with Gasteiger partial charge in [-0.2, -0.15) is 0 Å². The van der Waals surface area contributed by atoms with Crippen molar-refractivity contribution in [1.29, 1.82) is 0 Å². The normalized spacial score (nSPS) is 14.0. The number of halogens is 2. The minimum absolute atomic E-state index is 0.188. The van der Waals surface area contributed by atoms with E-state index in [0.29, 0.717) is 41.9 Å². The van der Waals surface area contributed by atoms with E-state index in [1.54, 1.807) is 23.1 Å². The van der Waals surface area contributed by atoms with E-state index in [0.717, 1.165) is 28.5 Å². The van der Waals surface area contributed by atoms with Crippen LogP contribution >= 0.6 is 23.2 Å². The summed E-state index contributed by atoms with van der Waals surface area (Å²) < 4.78 is 0. The Morgan fingerprint density at radius 2 is 1.67 bits per heavy atom. The number of aryl methyl sites for hydroxylation is 1. The molecule has 6 nitrogen and oxygen atoms in total. The number of piperazine rings is 1. The first kappa shape index (κ1) is 23.3. The van der Waals surface area contributed by atoms with Crippen LogP contribution in [0.25, 0.3) is 11.4 Å². The lowest BCUT2D eigenvalue weighted by Gasteiger charge is -2.37. The topological polar surface area (TPSA) is 61.4 Å². The number of nitrogens with one attached hydrogen (secondary N) is 1. The number of aromatic nitrogens is 2. The lowest BCUT2D eigenvalue weighted by atomic mass is 10.0.